The number of allylic oxidation sites excluding steroid dienone is 2. The number of aromatic amines is 1. The van der Waals surface area contributed by atoms with Gasteiger partial charge in [-0.25, -0.2) is 4.79 Å². The molecule has 1 aliphatic heterocycles. The number of amides is 3. The number of nitrogens with zero attached hydrogens (tertiary/aromatic N) is 3. The highest BCUT2D eigenvalue weighted by atomic mass is 16.2. The molecule has 0 unspecified atom stereocenters. The quantitative estimate of drug-likeness (QED) is 0.481. The van der Waals surface area contributed by atoms with E-state index in [0.29, 0.717) is 25.8 Å². The van der Waals surface area contributed by atoms with Gasteiger partial charge in [-0.2, -0.15) is 0 Å². The summed E-state index contributed by atoms with van der Waals surface area (Å²) in [5.74, 6) is -1.78. The van der Waals surface area contributed by atoms with Crippen molar-refractivity contribution in [1.82, 2.24) is 14.5 Å². The largest absolute Gasteiger partial charge is 0.383 e. The molecule has 1 aromatic rings. The zero-order valence-electron chi connectivity index (χ0n) is 17.2. The van der Waals surface area contributed by atoms with Gasteiger partial charge < -0.3 is 10.6 Å². The first-order valence-corrected chi connectivity index (χ1v) is 10.2. The topological polar surface area (TPSA) is 139 Å². The first kappa shape index (κ1) is 21.5. The first-order valence-electron chi connectivity index (χ1n) is 10.2. The zero-order valence-corrected chi connectivity index (χ0v) is 17.2. The average molecular weight is 417 g/mol. The van der Waals surface area contributed by atoms with E-state index < -0.39 is 17.2 Å². The Bertz CT molecular complexity index is 982. The van der Waals surface area contributed by atoms with Gasteiger partial charge in [-0.3, -0.25) is 33.6 Å². The van der Waals surface area contributed by atoms with Crippen molar-refractivity contribution in [2.24, 2.45) is 11.8 Å². The van der Waals surface area contributed by atoms with Crippen molar-refractivity contribution in [3.63, 3.8) is 0 Å². The summed E-state index contributed by atoms with van der Waals surface area (Å²) in [6.07, 6.45) is 6.23. The van der Waals surface area contributed by atoms with E-state index in [2.05, 4.69) is 4.98 Å². The average Bonchev–Trinajstić information content (AvgIpc) is 2.96. The Labute approximate surface area is 173 Å². The smallest absolute Gasteiger partial charge is 0.330 e. The third kappa shape index (κ3) is 3.81. The summed E-state index contributed by atoms with van der Waals surface area (Å²) in [5, 5.41) is 0. The molecule has 0 spiro atoms. The summed E-state index contributed by atoms with van der Waals surface area (Å²) >= 11 is 0. The van der Waals surface area contributed by atoms with Crippen molar-refractivity contribution in [3.8, 4) is 0 Å². The molecule has 2 aliphatic rings. The molecule has 3 amide bonds. The molecule has 10 nitrogen and oxygen atoms in total. The number of anilines is 2. The fourth-order valence-corrected chi connectivity index (χ4v) is 4.03. The second-order valence-corrected chi connectivity index (χ2v) is 7.68. The van der Waals surface area contributed by atoms with Crippen LogP contribution in [0, 0.1) is 11.8 Å². The number of nitrogens with one attached hydrogen (secondary N) is 1. The van der Waals surface area contributed by atoms with Gasteiger partial charge in [-0.05, 0) is 19.3 Å². The second-order valence-electron chi connectivity index (χ2n) is 7.68. The number of hydrogen-bond donors (Lipinski definition) is 2. The van der Waals surface area contributed by atoms with Crippen LogP contribution in [0.1, 0.15) is 39.0 Å². The van der Waals surface area contributed by atoms with Gasteiger partial charge in [0, 0.05) is 26.6 Å². The molecule has 0 aromatic carbocycles. The van der Waals surface area contributed by atoms with E-state index >= 15 is 0 Å². The van der Waals surface area contributed by atoms with E-state index in [-0.39, 0.29) is 48.1 Å². The van der Waals surface area contributed by atoms with Crippen LogP contribution in [0.25, 0.3) is 0 Å². The third-order valence-corrected chi connectivity index (χ3v) is 5.81. The lowest BCUT2D eigenvalue weighted by Gasteiger charge is -2.21. The minimum absolute atomic E-state index is 0.0544. The SMILES string of the molecule is CCCCn1c(N)c(N(C)C(=O)CCN2C(=O)[C@H]3CC=CC[C@@H]3C2=O)c(=O)[nH]c1=O. The number of H-pyrrole nitrogens is 1. The maximum absolute atomic E-state index is 12.7. The lowest BCUT2D eigenvalue weighted by molar-refractivity contribution is -0.140. The molecule has 3 N–H and O–H groups in total. The van der Waals surface area contributed by atoms with E-state index in [4.69, 9.17) is 5.73 Å². The van der Waals surface area contributed by atoms with Gasteiger partial charge in [0.25, 0.3) is 5.56 Å². The fourth-order valence-electron chi connectivity index (χ4n) is 4.03. The van der Waals surface area contributed by atoms with Crippen LogP contribution in [-0.2, 0) is 20.9 Å². The van der Waals surface area contributed by atoms with Gasteiger partial charge in [0.2, 0.25) is 17.7 Å². The van der Waals surface area contributed by atoms with Crippen molar-refractivity contribution in [3.05, 3.63) is 33.0 Å². The van der Waals surface area contributed by atoms with Crippen molar-refractivity contribution < 1.29 is 14.4 Å². The molecule has 1 fully saturated rings. The number of nitrogens with two attached hydrogens (primary N) is 1. The van der Waals surface area contributed by atoms with Crippen LogP contribution in [0.15, 0.2) is 21.7 Å². The molecule has 1 aliphatic carbocycles. The van der Waals surface area contributed by atoms with Gasteiger partial charge in [0.05, 0.1) is 11.8 Å². The van der Waals surface area contributed by atoms with Gasteiger partial charge in [0.1, 0.15) is 5.82 Å². The molecule has 2 heterocycles. The van der Waals surface area contributed by atoms with E-state index in [9.17, 15) is 24.0 Å². The molecule has 1 saturated heterocycles. The van der Waals surface area contributed by atoms with Crippen LogP contribution in [0.3, 0.4) is 0 Å². The lowest BCUT2D eigenvalue weighted by atomic mass is 9.85. The molecular weight excluding hydrogens is 390 g/mol. The molecule has 162 valence electrons. The molecule has 30 heavy (non-hydrogen) atoms. The van der Waals surface area contributed by atoms with E-state index in [1.807, 2.05) is 19.1 Å². The van der Waals surface area contributed by atoms with Gasteiger partial charge in [-0.1, -0.05) is 25.5 Å². The number of rotatable bonds is 7. The Kier molecular flexibility index (Phi) is 6.23. The predicted octanol–water partition coefficient (Wildman–Crippen LogP) is 0.223. The molecule has 0 bridgehead atoms. The van der Waals surface area contributed by atoms with Crippen LogP contribution in [0.2, 0.25) is 0 Å². The standard InChI is InChI=1S/C20H27N5O5/c1-3-4-10-24-16(21)15(17(27)22-20(24)30)23(2)14(26)9-11-25-18(28)12-7-5-6-8-13(12)19(25)29/h5-6,12-13H,3-4,7-11,21H2,1-2H3,(H,22,27,30)/t12-,13-/m0/s1. The van der Waals surface area contributed by atoms with Crippen molar-refractivity contribution >= 4 is 29.2 Å². The molecule has 3 rings (SSSR count). The number of carbonyl (C=O) groups excluding carboxylic acids is 3. The number of hydrogen-bond acceptors (Lipinski definition) is 6. The number of fused-ring (bicyclic) bond motifs is 1. The molecular formula is C20H27N5O5. The Morgan fingerprint density at radius 1 is 1.13 bits per heavy atom. The number of likely N-dealkylation sites (tertiary alicyclic amines) is 1. The second kappa shape index (κ2) is 8.68. The maximum Gasteiger partial charge on any atom is 0.330 e. The predicted molar refractivity (Wildman–Crippen MR) is 111 cm³/mol. The van der Waals surface area contributed by atoms with E-state index in [1.54, 1.807) is 0 Å². The van der Waals surface area contributed by atoms with E-state index in [0.717, 1.165) is 16.2 Å². The monoisotopic (exact) mass is 417 g/mol. The van der Waals surface area contributed by atoms with Crippen LogP contribution < -0.4 is 21.9 Å². The summed E-state index contributed by atoms with van der Waals surface area (Å²) in [6, 6.07) is 0. The summed E-state index contributed by atoms with van der Waals surface area (Å²) in [7, 11) is 1.38. The summed E-state index contributed by atoms with van der Waals surface area (Å²) in [4.78, 5) is 66.5. The summed E-state index contributed by atoms with van der Waals surface area (Å²) < 4.78 is 1.23. The lowest BCUT2D eigenvalue weighted by Crippen LogP contribution is -2.41. The van der Waals surface area contributed by atoms with Crippen LogP contribution in [-0.4, -0.2) is 45.8 Å². The fraction of sp³-hybridized carbons (Fsp3) is 0.550. The molecule has 0 radical (unpaired) electrons. The minimum atomic E-state index is -0.758. The van der Waals surface area contributed by atoms with Gasteiger partial charge in [-0.15, -0.1) is 0 Å². The number of carbonyl (C=O) groups is 3. The minimum Gasteiger partial charge on any atom is -0.383 e. The van der Waals surface area contributed by atoms with Crippen LogP contribution in [0.5, 0.6) is 0 Å². The Balaban J connectivity index is 1.74. The Morgan fingerprint density at radius 2 is 1.73 bits per heavy atom. The number of nitrogen functional groups attached to an aromatic ring is 1. The Morgan fingerprint density at radius 3 is 2.30 bits per heavy atom. The molecule has 10 heteroatoms. The normalized spacial score (nSPS) is 20.5. The van der Waals surface area contributed by atoms with Gasteiger partial charge >= 0.3 is 5.69 Å². The van der Waals surface area contributed by atoms with Gasteiger partial charge in [0.15, 0.2) is 5.69 Å². The number of aromatic nitrogens is 2. The molecule has 0 saturated carbocycles. The molecule has 1 aromatic heterocycles. The highest BCUT2D eigenvalue weighted by molar-refractivity contribution is 6.06. The summed E-state index contributed by atoms with van der Waals surface area (Å²) in [5.41, 5.74) is 4.53. The van der Waals surface area contributed by atoms with Crippen molar-refractivity contribution in [1.29, 1.82) is 0 Å². The highest BCUT2D eigenvalue weighted by Crippen LogP contribution is 2.35. The number of imide groups is 1. The Hall–Kier alpha value is -3.17. The van der Waals surface area contributed by atoms with E-state index in [1.165, 1.54) is 11.6 Å². The highest BCUT2D eigenvalue weighted by Gasteiger charge is 2.47. The summed E-state index contributed by atoms with van der Waals surface area (Å²) in [6.45, 7) is 2.22. The molecule has 2 atom stereocenters. The maximum atomic E-state index is 12.7. The van der Waals surface area contributed by atoms with Crippen LogP contribution in [0.4, 0.5) is 11.5 Å². The zero-order chi connectivity index (χ0) is 22.0. The van der Waals surface area contributed by atoms with Crippen LogP contribution >= 0.6 is 0 Å². The first-order chi connectivity index (χ1) is 14.3. The third-order valence-electron chi connectivity index (χ3n) is 5.81. The number of unbranched alkanes of at least 4 members (excludes halogenated alkanes) is 1. The van der Waals surface area contributed by atoms with Crippen molar-refractivity contribution in [2.45, 2.75) is 45.6 Å². The van der Waals surface area contributed by atoms with Crippen molar-refractivity contribution in [2.75, 3.05) is 24.2 Å².